The number of rotatable bonds is 5. The quantitative estimate of drug-likeness (QED) is 0.688. The molecule has 0 aliphatic carbocycles. The molecule has 5 nitrogen and oxygen atoms in total. The summed E-state index contributed by atoms with van der Waals surface area (Å²) in [6.07, 6.45) is 1.14. The van der Waals surface area contributed by atoms with Crippen LogP contribution in [0.1, 0.15) is 24.0 Å². The minimum atomic E-state index is -0.592. The number of hydrogen-bond donors (Lipinski definition) is 0. The molecule has 0 aromatic heterocycles. The summed E-state index contributed by atoms with van der Waals surface area (Å²) in [6, 6.07) is 14.5. The monoisotopic (exact) mass is 417 g/mol. The van der Waals surface area contributed by atoms with E-state index in [9.17, 15) is 9.59 Å². The Balaban J connectivity index is 1.53. The van der Waals surface area contributed by atoms with Gasteiger partial charge in [-0.2, -0.15) is 0 Å². The van der Waals surface area contributed by atoms with Crippen LogP contribution < -0.4 is 4.74 Å². The molecule has 0 saturated carbocycles. The van der Waals surface area contributed by atoms with Crippen LogP contribution in [0.25, 0.3) is 0 Å². The van der Waals surface area contributed by atoms with Crippen LogP contribution >= 0.6 is 23.4 Å². The average molecular weight is 418 g/mol. The molecule has 1 amide bonds. The van der Waals surface area contributed by atoms with Crippen LogP contribution in [0, 0.1) is 0 Å². The van der Waals surface area contributed by atoms with Crippen molar-refractivity contribution in [2.24, 2.45) is 0 Å². The van der Waals surface area contributed by atoms with Crippen molar-refractivity contribution in [2.45, 2.75) is 30.4 Å². The van der Waals surface area contributed by atoms with Gasteiger partial charge in [0.25, 0.3) is 0 Å². The number of amides is 1. The molecule has 0 spiro atoms. The van der Waals surface area contributed by atoms with Crippen LogP contribution in [0.4, 0.5) is 0 Å². The number of nitrogens with zero attached hydrogens (tertiary/aromatic N) is 1. The first-order chi connectivity index (χ1) is 13.5. The number of carbonyl (C=O) groups is 2. The average Bonchev–Trinajstić information content (AvgIpc) is 3.26. The molecule has 2 atom stereocenters. The zero-order chi connectivity index (χ0) is 19.7. The summed E-state index contributed by atoms with van der Waals surface area (Å²) < 4.78 is 10.9. The van der Waals surface area contributed by atoms with Crippen LogP contribution in [0.3, 0.4) is 0 Å². The van der Waals surface area contributed by atoms with Crippen molar-refractivity contribution < 1.29 is 19.1 Å². The topological polar surface area (TPSA) is 55.8 Å². The lowest BCUT2D eigenvalue weighted by atomic mass is 10.0. The second-order valence-electron chi connectivity index (χ2n) is 6.80. The summed E-state index contributed by atoms with van der Waals surface area (Å²) in [6.45, 7) is 0.0457. The van der Waals surface area contributed by atoms with E-state index in [0.29, 0.717) is 34.9 Å². The first-order valence-corrected chi connectivity index (χ1v) is 10.4. The van der Waals surface area contributed by atoms with Gasteiger partial charge in [0.2, 0.25) is 5.91 Å². The van der Waals surface area contributed by atoms with E-state index in [1.807, 2.05) is 30.3 Å². The first-order valence-electron chi connectivity index (χ1n) is 9.06. The highest BCUT2D eigenvalue weighted by Gasteiger charge is 2.57. The van der Waals surface area contributed by atoms with Gasteiger partial charge in [0.1, 0.15) is 23.3 Å². The third-order valence-electron chi connectivity index (χ3n) is 5.24. The molecule has 4 rings (SSSR count). The molecule has 2 aromatic rings. The lowest BCUT2D eigenvalue weighted by molar-refractivity contribution is -0.155. The molecular formula is C21H20ClNO4S. The molecule has 0 N–H and O–H groups in total. The van der Waals surface area contributed by atoms with Crippen molar-refractivity contribution in [3.8, 4) is 5.75 Å². The molecule has 2 aliphatic heterocycles. The SMILES string of the molecule is COc1ccc(Cl)cc1COC(=O)[C@H]1CS[C@]2(c3ccccc3)CCC(=O)N12. The molecule has 0 unspecified atom stereocenters. The molecule has 2 fully saturated rings. The van der Waals surface area contributed by atoms with Crippen molar-refractivity contribution in [3.63, 3.8) is 0 Å². The molecular weight excluding hydrogens is 398 g/mol. The summed E-state index contributed by atoms with van der Waals surface area (Å²) >= 11 is 7.69. The van der Waals surface area contributed by atoms with Crippen LogP contribution in [-0.2, 0) is 25.8 Å². The molecule has 2 aliphatic rings. The third-order valence-corrected chi connectivity index (χ3v) is 7.07. The fourth-order valence-electron chi connectivity index (χ4n) is 3.92. The molecule has 2 heterocycles. The van der Waals surface area contributed by atoms with Gasteiger partial charge in [-0.1, -0.05) is 41.9 Å². The number of benzene rings is 2. The van der Waals surface area contributed by atoms with Gasteiger partial charge in [-0.05, 0) is 30.2 Å². The summed E-state index contributed by atoms with van der Waals surface area (Å²) in [4.78, 5) is 26.7. The number of halogens is 1. The van der Waals surface area contributed by atoms with Gasteiger partial charge in [0.15, 0.2) is 0 Å². The van der Waals surface area contributed by atoms with Crippen LogP contribution in [0.15, 0.2) is 48.5 Å². The Hall–Kier alpha value is -2.18. The Labute approximate surface area is 172 Å². The fourth-order valence-corrected chi connectivity index (χ4v) is 5.75. The van der Waals surface area contributed by atoms with Gasteiger partial charge in [-0.15, -0.1) is 11.8 Å². The maximum absolute atomic E-state index is 12.9. The highest BCUT2D eigenvalue weighted by molar-refractivity contribution is 8.00. The Morgan fingerprint density at radius 3 is 2.82 bits per heavy atom. The van der Waals surface area contributed by atoms with E-state index in [0.717, 1.165) is 5.56 Å². The van der Waals surface area contributed by atoms with Crippen molar-refractivity contribution in [2.75, 3.05) is 12.9 Å². The molecule has 2 saturated heterocycles. The standard InChI is InChI=1S/C21H20ClNO4S/c1-26-18-8-7-16(22)11-14(18)12-27-20(25)17-13-28-21(10-9-19(24)23(17)21)15-5-3-2-4-6-15/h2-8,11,17H,9-10,12-13H2,1H3/t17-,21+/m1/s1. The van der Waals surface area contributed by atoms with Gasteiger partial charge in [-0.25, -0.2) is 4.79 Å². The van der Waals surface area contributed by atoms with Gasteiger partial charge in [0.05, 0.1) is 7.11 Å². The van der Waals surface area contributed by atoms with Crippen LogP contribution in [-0.4, -0.2) is 35.7 Å². The van der Waals surface area contributed by atoms with Crippen molar-refractivity contribution in [1.29, 1.82) is 0 Å². The van der Waals surface area contributed by atoms with Gasteiger partial charge < -0.3 is 14.4 Å². The predicted octanol–water partition coefficient (Wildman–Crippen LogP) is 3.98. The Bertz CT molecular complexity index is 907. The number of hydrogen-bond acceptors (Lipinski definition) is 5. The molecule has 28 heavy (non-hydrogen) atoms. The smallest absolute Gasteiger partial charge is 0.330 e. The van der Waals surface area contributed by atoms with Crippen LogP contribution in [0.2, 0.25) is 5.02 Å². The van der Waals surface area contributed by atoms with E-state index in [1.54, 1.807) is 42.0 Å². The second-order valence-corrected chi connectivity index (χ2v) is 8.54. The normalized spacial score (nSPS) is 23.6. The summed E-state index contributed by atoms with van der Waals surface area (Å²) in [5.74, 6) is 0.721. The maximum atomic E-state index is 12.9. The second kappa shape index (κ2) is 7.68. The van der Waals surface area contributed by atoms with E-state index in [-0.39, 0.29) is 12.5 Å². The zero-order valence-corrected chi connectivity index (χ0v) is 17.0. The first kappa shape index (κ1) is 19.2. The molecule has 146 valence electrons. The van der Waals surface area contributed by atoms with Crippen molar-refractivity contribution >= 4 is 35.2 Å². The number of thioether (sulfide) groups is 1. The van der Waals surface area contributed by atoms with E-state index in [1.165, 1.54) is 0 Å². The number of esters is 1. The van der Waals surface area contributed by atoms with Crippen molar-refractivity contribution in [1.82, 2.24) is 4.90 Å². The van der Waals surface area contributed by atoms with E-state index in [2.05, 4.69) is 0 Å². The van der Waals surface area contributed by atoms with E-state index < -0.39 is 16.9 Å². The summed E-state index contributed by atoms with van der Waals surface area (Å²) in [7, 11) is 1.55. The van der Waals surface area contributed by atoms with E-state index in [4.69, 9.17) is 21.1 Å². The van der Waals surface area contributed by atoms with Gasteiger partial charge in [-0.3, -0.25) is 4.79 Å². The maximum Gasteiger partial charge on any atom is 0.330 e. The Kier molecular flexibility index (Phi) is 5.25. The highest BCUT2D eigenvalue weighted by Crippen LogP contribution is 2.54. The van der Waals surface area contributed by atoms with Gasteiger partial charge in [0, 0.05) is 22.8 Å². The molecule has 0 bridgehead atoms. The third kappa shape index (κ3) is 3.25. The molecule has 2 aromatic carbocycles. The number of methoxy groups -OCH3 is 1. The zero-order valence-electron chi connectivity index (χ0n) is 15.4. The summed E-state index contributed by atoms with van der Waals surface area (Å²) in [5, 5.41) is 0.543. The van der Waals surface area contributed by atoms with Crippen molar-refractivity contribution in [3.05, 3.63) is 64.7 Å². The molecule has 7 heteroatoms. The number of carbonyl (C=O) groups excluding carboxylic acids is 2. The summed E-state index contributed by atoms with van der Waals surface area (Å²) in [5.41, 5.74) is 1.74. The fraction of sp³-hybridized carbons (Fsp3) is 0.333. The lowest BCUT2D eigenvalue weighted by Crippen LogP contribution is -2.46. The number of fused-ring (bicyclic) bond motifs is 1. The van der Waals surface area contributed by atoms with Gasteiger partial charge >= 0.3 is 5.97 Å². The number of ether oxygens (including phenoxy) is 2. The van der Waals surface area contributed by atoms with E-state index >= 15 is 0 Å². The largest absolute Gasteiger partial charge is 0.496 e. The lowest BCUT2D eigenvalue weighted by Gasteiger charge is -2.33. The highest BCUT2D eigenvalue weighted by atomic mass is 35.5. The van der Waals surface area contributed by atoms with Crippen LogP contribution in [0.5, 0.6) is 5.75 Å². The molecule has 0 radical (unpaired) electrons. The predicted molar refractivity (Wildman–Crippen MR) is 108 cm³/mol. The minimum absolute atomic E-state index is 0.00357. The minimum Gasteiger partial charge on any atom is -0.496 e. The Morgan fingerprint density at radius 1 is 1.29 bits per heavy atom. The Morgan fingerprint density at radius 2 is 2.07 bits per heavy atom.